The van der Waals surface area contributed by atoms with E-state index < -0.39 is 0 Å². The molecule has 1 aromatic heterocycles. The van der Waals surface area contributed by atoms with Crippen LogP contribution in [-0.2, 0) is 0 Å². The molecule has 0 saturated heterocycles. The first-order valence-corrected chi connectivity index (χ1v) is 5.24. The highest BCUT2D eigenvalue weighted by atomic mass is 16.4. The Morgan fingerprint density at radius 2 is 1.88 bits per heavy atom. The van der Waals surface area contributed by atoms with Gasteiger partial charge in [0.1, 0.15) is 5.76 Å². The van der Waals surface area contributed by atoms with Gasteiger partial charge in [0, 0.05) is 13.1 Å². The molecule has 2 aromatic rings. The predicted molar refractivity (Wildman–Crippen MR) is 67.1 cm³/mol. The Morgan fingerprint density at radius 1 is 1.12 bits per heavy atom. The Bertz CT molecular complexity index is 502. The third-order valence-electron chi connectivity index (χ3n) is 2.60. The van der Waals surface area contributed by atoms with Crippen LogP contribution in [0.4, 0.5) is 17.3 Å². The lowest BCUT2D eigenvalue weighted by molar-refractivity contribution is 0.538. The number of anilines is 3. The number of hydrogen-bond donors (Lipinski definition) is 1. The van der Waals surface area contributed by atoms with Gasteiger partial charge in [-0.05, 0) is 37.6 Å². The van der Waals surface area contributed by atoms with Crippen molar-refractivity contribution in [1.29, 1.82) is 0 Å². The molecule has 3 nitrogen and oxygen atoms in total. The summed E-state index contributed by atoms with van der Waals surface area (Å²) in [7, 11) is 1.95. The second kappa shape index (κ2) is 3.93. The summed E-state index contributed by atoms with van der Waals surface area (Å²) in [6.07, 6.45) is 0. The molecular weight excluding hydrogens is 200 g/mol. The molecule has 0 amide bonds. The molecule has 16 heavy (non-hydrogen) atoms. The highest BCUT2D eigenvalue weighted by molar-refractivity contribution is 5.73. The molecule has 2 N–H and O–H groups in total. The largest absolute Gasteiger partial charge is 0.446 e. The van der Waals surface area contributed by atoms with E-state index in [9.17, 15) is 0 Å². The van der Waals surface area contributed by atoms with E-state index in [1.807, 2.05) is 56.1 Å². The van der Waals surface area contributed by atoms with Gasteiger partial charge >= 0.3 is 0 Å². The lowest BCUT2D eigenvalue weighted by Crippen LogP contribution is -2.10. The van der Waals surface area contributed by atoms with Crippen LogP contribution in [0.25, 0.3) is 0 Å². The molecule has 1 aromatic carbocycles. The number of benzene rings is 1. The van der Waals surface area contributed by atoms with Gasteiger partial charge in [-0.15, -0.1) is 0 Å². The number of nitrogen functional groups attached to an aromatic ring is 1. The van der Waals surface area contributed by atoms with Crippen LogP contribution in [-0.4, -0.2) is 7.05 Å². The van der Waals surface area contributed by atoms with Crippen LogP contribution in [0.1, 0.15) is 11.3 Å². The third kappa shape index (κ3) is 1.89. The van der Waals surface area contributed by atoms with E-state index in [1.165, 1.54) is 5.56 Å². The maximum atomic E-state index is 5.95. The average molecular weight is 216 g/mol. The Hall–Kier alpha value is -1.90. The molecule has 0 aliphatic heterocycles. The van der Waals surface area contributed by atoms with Crippen LogP contribution < -0.4 is 10.6 Å². The topological polar surface area (TPSA) is 42.4 Å². The fraction of sp³-hybridized carbons (Fsp3) is 0.231. The maximum Gasteiger partial charge on any atom is 0.199 e. The molecule has 0 fully saturated rings. The van der Waals surface area contributed by atoms with Crippen molar-refractivity contribution < 1.29 is 4.42 Å². The molecule has 0 spiro atoms. The minimum atomic E-state index is 0.752. The zero-order valence-corrected chi connectivity index (χ0v) is 9.82. The summed E-state index contributed by atoms with van der Waals surface area (Å²) in [5.74, 6) is 1.70. The SMILES string of the molecule is Cc1ccc(N)c(N(C)c2ccc(C)o2)c1. The zero-order chi connectivity index (χ0) is 11.7. The summed E-state index contributed by atoms with van der Waals surface area (Å²) >= 11 is 0. The van der Waals surface area contributed by atoms with Crippen molar-refractivity contribution in [2.24, 2.45) is 0 Å². The lowest BCUT2D eigenvalue weighted by Gasteiger charge is -2.18. The van der Waals surface area contributed by atoms with Crippen molar-refractivity contribution in [3.05, 3.63) is 41.7 Å². The second-order valence-corrected chi connectivity index (χ2v) is 4.01. The number of rotatable bonds is 2. The van der Waals surface area contributed by atoms with Gasteiger partial charge in [0.25, 0.3) is 0 Å². The molecule has 0 saturated carbocycles. The van der Waals surface area contributed by atoms with Crippen LogP contribution in [0.3, 0.4) is 0 Å². The summed E-state index contributed by atoms with van der Waals surface area (Å²) in [6, 6.07) is 9.85. The summed E-state index contributed by atoms with van der Waals surface area (Å²) in [6.45, 7) is 3.97. The van der Waals surface area contributed by atoms with E-state index in [-0.39, 0.29) is 0 Å². The van der Waals surface area contributed by atoms with Crippen molar-refractivity contribution >= 4 is 17.3 Å². The van der Waals surface area contributed by atoms with Crippen LogP contribution in [0.2, 0.25) is 0 Å². The van der Waals surface area contributed by atoms with Gasteiger partial charge in [-0.25, -0.2) is 0 Å². The Kier molecular flexibility index (Phi) is 2.60. The molecule has 1 heterocycles. The highest BCUT2D eigenvalue weighted by Crippen LogP contribution is 2.30. The van der Waals surface area contributed by atoms with E-state index in [0.29, 0.717) is 0 Å². The Labute approximate surface area is 95.5 Å². The van der Waals surface area contributed by atoms with Gasteiger partial charge in [0.05, 0.1) is 11.4 Å². The molecule has 0 aliphatic rings. The van der Waals surface area contributed by atoms with Gasteiger partial charge in [-0.1, -0.05) is 6.07 Å². The zero-order valence-electron chi connectivity index (χ0n) is 9.82. The van der Waals surface area contributed by atoms with E-state index >= 15 is 0 Å². The number of nitrogens with zero attached hydrogens (tertiary/aromatic N) is 1. The summed E-state index contributed by atoms with van der Waals surface area (Å²) in [5.41, 5.74) is 8.85. The summed E-state index contributed by atoms with van der Waals surface area (Å²) in [5, 5.41) is 0. The first-order chi connectivity index (χ1) is 7.58. The molecule has 0 bridgehead atoms. The Balaban J connectivity index is 2.40. The van der Waals surface area contributed by atoms with Crippen molar-refractivity contribution in [3.8, 4) is 0 Å². The highest BCUT2D eigenvalue weighted by Gasteiger charge is 2.10. The van der Waals surface area contributed by atoms with Crippen molar-refractivity contribution in [2.75, 3.05) is 17.7 Å². The minimum absolute atomic E-state index is 0.752. The van der Waals surface area contributed by atoms with Gasteiger partial charge in [0.2, 0.25) is 0 Å². The van der Waals surface area contributed by atoms with E-state index in [1.54, 1.807) is 0 Å². The number of furan rings is 1. The molecule has 0 atom stereocenters. The lowest BCUT2D eigenvalue weighted by atomic mass is 10.2. The van der Waals surface area contributed by atoms with E-state index in [2.05, 4.69) is 0 Å². The number of nitrogens with two attached hydrogens (primary N) is 1. The normalized spacial score (nSPS) is 10.4. The molecule has 3 heteroatoms. The first-order valence-electron chi connectivity index (χ1n) is 5.24. The van der Waals surface area contributed by atoms with E-state index in [4.69, 9.17) is 10.2 Å². The minimum Gasteiger partial charge on any atom is -0.446 e. The van der Waals surface area contributed by atoms with Gasteiger partial charge in [-0.2, -0.15) is 0 Å². The molecular formula is C13H16N2O. The molecule has 0 aliphatic carbocycles. The van der Waals surface area contributed by atoms with Gasteiger partial charge in [-0.3, -0.25) is 0 Å². The maximum absolute atomic E-state index is 5.95. The average Bonchev–Trinajstić information content (AvgIpc) is 2.67. The van der Waals surface area contributed by atoms with Crippen molar-refractivity contribution in [1.82, 2.24) is 0 Å². The fourth-order valence-corrected chi connectivity index (χ4v) is 1.66. The third-order valence-corrected chi connectivity index (χ3v) is 2.60. The molecule has 84 valence electrons. The van der Waals surface area contributed by atoms with Crippen LogP contribution in [0.15, 0.2) is 34.7 Å². The quantitative estimate of drug-likeness (QED) is 0.783. The summed E-state index contributed by atoms with van der Waals surface area (Å²) < 4.78 is 5.56. The van der Waals surface area contributed by atoms with E-state index in [0.717, 1.165) is 23.0 Å². The van der Waals surface area contributed by atoms with Crippen LogP contribution in [0, 0.1) is 13.8 Å². The standard InChI is InChI=1S/C13H16N2O/c1-9-4-6-11(14)12(8-9)15(3)13-7-5-10(2)16-13/h4-8H,14H2,1-3H3. The molecule has 2 rings (SSSR count). The smallest absolute Gasteiger partial charge is 0.199 e. The van der Waals surface area contributed by atoms with Crippen LogP contribution >= 0.6 is 0 Å². The first kappa shape index (κ1) is 10.6. The second-order valence-electron chi connectivity index (χ2n) is 4.01. The monoisotopic (exact) mass is 216 g/mol. The van der Waals surface area contributed by atoms with Gasteiger partial charge in [0.15, 0.2) is 5.88 Å². The Morgan fingerprint density at radius 3 is 2.50 bits per heavy atom. The number of aryl methyl sites for hydroxylation is 2. The molecule has 0 radical (unpaired) electrons. The van der Waals surface area contributed by atoms with Crippen molar-refractivity contribution in [3.63, 3.8) is 0 Å². The van der Waals surface area contributed by atoms with Crippen LogP contribution in [0.5, 0.6) is 0 Å². The summed E-state index contributed by atoms with van der Waals surface area (Å²) in [4.78, 5) is 1.95. The molecule has 0 unspecified atom stereocenters. The number of hydrogen-bond acceptors (Lipinski definition) is 3. The predicted octanol–water partition coefficient (Wildman–Crippen LogP) is 3.25. The fourth-order valence-electron chi connectivity index (χ4n) is 1.66. The van der Waals surface area contributed by atoms with Crippen molar-refractivity contribution in [2.45, 2.75) is 13.8 Å². The van der Waals surface area contributed by atoms with Gasteiger partial charge < -0.3 is 15.1 Å².